The van der Waals surface area contributed by atoms with E-state index in [1.165, 1.54) is 39.8 Å². The molecule has 0 radical (unpaired) electrons. The fraction of sp³-hybridized carbons (Fsp3) is 0.391. The highest BCUT2D eigenvalue weighted by atomic mass is 19.1. The van der Waals surface area contributed by atoms with Crippen LogP contribution in [0.5, 0.6) is 5.75 Å². The van der Waals surface area contributed by atoms with Crippen LogP contribution in [0, 0.1) is 11.7 Å². The van der Waals surface area contributed by atoms with E-state index in [0.29, 0.717) is 24.9 Å². The average Bonchev–Trinajstić information content (AvgIpc) is 3.16. The van der Waals surface area contributed by atoms with Gasteiger partial charge in [-0.1, -0.05) is 12.1 Å². The predicted molar refractivity (Wildman–Crippen MR) is 120 cm³/mol. The van der Waals surface area contributed by atoms with Crippen LogP contribution in [0.25, 0.3) is 0 Å². The van der Waals surface area contributed by atoms with Crippen molar-refractivity contribution in [3.05, 3.63) is 69.7 Å². The minimum atomic E-state index is -1.01. The van der Waals surface area contributed by atoms with Gasteiger partial charge in [-0.2, -0.15) is 0 Å². The molecule has 4 heterocycles. The van der Waals surface area contributed by atoms with Gasteiger partial charge in [-0.3, -0.25) is 23.6 Å². The molecular weight excluding hydrogens is 457 g/mol. The van der Waals surface area contributed by atoms with E-state index in [-0.39, 0.29) is 24.1 Å². The van der Waals surface area contributed by atoms with Gasteiger partial charge in [0.1, 0.15) is 18.0 Å². The Morgan fingerprint density at radius 1 is 1.20 bits per heavy atom. The molecule has 1 fully saturated rings. The van der Waals surface area contributed by atoms with Crippen molar-refractivity contribution in [2.24, 2.45) is 13.0 Å². The molecule has 35 heavy (non-hydrogen) atoms. The minimum Gasteiger partial charge on any atom is -0.501 e. The molecule has 3 aliphatic rings. The van der Waals surface area contributed by atoms with Crippen LogP contribution < -0.4 is 16.2 Å². The minimum absolute atomic E-state index is 0.0156. The van der Waals surface area contributed by atoms with Gasteiger partial charge in [-0.25, -0.2) is 14.4 Å². The van der Waals surface area contributed by atoms with Gasteiger partial charge in [0, 0.05) is 20.1 Å². The Bertz CT molecular complexity index is 1360. The quantitative estimate of drug-likeness (QED) is 0.493. The van der Waals surface area contributed by atoms with Gasteiger partial charge in [-0.15, -0.1) is 5.10 Å². The zero-order valence-corrected chi connectivity index (χ0v) is 19.0. The molecule has 0 atom stereocenters. The van der Waals surface area contributed by atoms with Crippen molar-refractivity contribution in [3.63, 3.8) is 0 Å². The summed E-state index contributed by atoms with van der Waals surface area (Å²) >= 11 is 0. The van der Waals surface area contributed by atoms with Gasteiger partial charge in [0.15, 0.2) is 5.69 Å². The summed E-state index contributed by atoms with van der Waals surface area (Å²) < 4.78 is 15.9. The van der Waals surface area contributed by atoms with Crippen LogP contribution in [-0.4, -0.2) is 41.2 Å². The smallest absolute Gasteiger partial charge is 0.296 e. The number of hydrogen-bond acceptors (Lipinski definition) is 7. The maximum atomic E-state index is 13.1. The lowest BCUT2D eigenvalue weighted by Gasteiger charge is -2.36. The molecule has 1 aliphatic carbocycles. The normalized spacial score (nSPS) is 20.7. The molecule has 182 valence electrons. The largest absolute Gasteiger partial charge is 0.501 e. The molecule has 2 bridgehead atoms. The van der Waals surface area contributed by atoms with Crippen molar-refractivity contribution in [2.45, 2.75) is 44.3 Å². The number of fused-ring (bicyclic) bond motifs is 2. The topological polar surface area (TPSA) is 144 Å². The highest BCUT2D eigenvalue weighted by Gasteiger charge is 2.46. The second-order valence-electron chi connectivity index (χ2n) is 9.08. The van der Waals surface area contributed by atoms with E-state index in [9.17, 15) is 23.9 Å². The number of hydrogen-bond donors (Lipinski definition) is 3. The number of nitrogens with zero attached hydrogens (tertiary/aromatic N) is 5. The number of carbonyl (C=O) groups is 2. The predicted octanol–water partition coefficient (Wildman–Crippen LogP) is 0.976. The highest BCUT2D eigenvalue weighted by molar-refractivity contribution is 5.94. The lowest BCUT2D eigenvalue weighted by molar-refractivity contribution is 0.0839. The number of rotatable bonds is 5. The average molecular weight is 481 g/mol. The van der Waals surface area contributed by atoms with Crippen molar-refractivity contribution in [1.82, 2.24) is 34.9 Å². The first kappa shape index (κ1) is 22.7. The molecule has 1 saturated carbocycles. The van der Waals surface area contributed by atoms with Crippen LogP contribution in [0.15, 0.2) is 35.4 Å². The number of halogens is 1. The zero-order valence-electron chi connectivity index (χ0n) is 19.0. The molecule has 0 spiro atoms. The maximum absolute atomic E-state index is 13.1. The highest BCUT2D eigenvalue weighted by Crippen LogP contribution is 2.43. The third-order valence-electron chi connectivity index (χ3n) is 6.71. The van der Waals surface area contributed by atoms with Gasteiger partial charge in [0.2, 0.25) is 11.6 Å². The molecule has 12 heteroatoms. The fourth-order valence-electron chi connectivity index (χ4n) is 4.84. The summed E-state index contributed by atoms with van der Waals surface area (Å²) in [5.41, 5.74) is -1.53. The number of aromatic hydroxyl groups is 1. The molecule has 2 aromatic heterocycles. The van der Waals surface area contributed by atoms with Crippen molar-refractivity contribution in [3.8, 4) is 5.75 Å². The van der Waals surface area contributed by atoms with Gasteiger partial charge < -0.3 is 15.7 Å². The second kappa shape index (κ2) is 8.60. The Morgan fingerprint density at radius 2 is 1.91 bits per heavy atom. The standard InChI is InChI=1S/C23H24FN7O4/c1-30-12-26-18(29-30)20(34)28-23-8-6-14(7-9-23)11-31-21(35)17(32)16(27-22(23)31)19(33)25-10-13-2-4-15(24)5-3-13/h2-5,12,14,32H,6-11H2,1H3,(H,25,33)(H,28,34). The number of amides is 2. The van der Waals surface area contributed by atoms with Crippen LogP contribution in [-0.2, 0) is 25.7 Å². The Labute approximate surface area is 199 Å². The Balaban J connectivity index is 1.50. The first-order valence-electron chi connectivity index (χ1n) is 11.3. The van der Waals surface area contributed by atoms with Gasteiger partial charge in [0.05, 0.1) is 5.54 Å². The van der Waals surface area contributed by atoms with Crippen LogP contribution in [0.2, 0.25) is 0 Å². The number of carbonyl (C=O) groups excluding carboxylic acids is 2. The molecular formula is C23H24FN7O4. The SMILES string of the molecule is Cn1cnc(C(=O)NC23CCC(CC2)Cn2c3nc(C(=O)NCc3ccc(F)cc3)c(O)c2=O)n1. The summed E-state index contributed by atoms with van der Waals surface area (Å²) in [6.45, 7) is 0.389. The number of aryl methyl sites for hydroxylation is 1. The molecule has 6 rings (SSSR count). The second-order valence-corrected chi connectivity index (χ2v) is 9.08. The third kappa shape index (κ3) is 4.15. The van der Waals surface area contributed by atoms with Gasteiger partial charge in [-0.05, 0) is 49.3 Å². The third-order valence-corrected chi connectivity index (χ3v) is 6.71. The van der Waals surface area contributed by atoms with Crippen molar-refractivity contribution >= 4 is 11.8 Å². The maximum Gasteiger partial charge on any atom is 0.296 e. The molecule has 2 aliphatic heterocycles. The van der Waals surface area contributed by atoms with E-state index >= 15 is 0 Å². The monoisotopic (exact) mass is 481 g/mol. The van der Waals surface area contributed by atoms with Gasteiger partial charge >= 0.3 is 0 Å². The van der Waals surface area contributed by atoms with Crippen LogP contribution in [0.3, 0.4) is 0 Å². The summed E-state index contributed by atoms with van der Waals surface area (Å²) in [4.78, 5) is 47.5. The Kier molecular flexibility index (Phi) is 5.58. The van der Waals surface area contributed by atoms with E-state index < -0.39 is 40.2 Å². The summed E-state index contributed by atoms with van der Waals surface area (Å²) in [5.74, 6) is -2.01. The molecule has 3 aromatic rings. The van der Waals surface area contributed by atoms with Crippen molar-refractivity contribution in [2.75, 3.05) is 0 Å². The molecule has 0 unspecified atom stereocenters. The number of nitrogens with one attached hydrogen (secondary N) is 2. The lowest BCUT2D eigenvalue weighted by Crippen LogP contribution is -2.50. The summed E-state index contributed by atoms with van der Waals surface area (Å²) in [6.07, 6.45) is 3.93. The van der Waals surface area contributed by atoms with E-state index in [1.807, 2.05) is 0 Å². The molecule has 11 nitrogen and oxygen atoms in total. The van der Waals surface area contributed by atoms with E-state index in [2.05, 4.69) is 25.7 Å². The van der Waals surface area contributed by atoms with E-state index in [1.54, 1.807) is 7.05 Å². The van der Waals surface area contributed by atoms with Crippen molar-refractivity contribution in [1.29, 1.82) is 0 Å². The summed E-state index contributed by atoms with van der Waals surface area (Å²) in [7, 11) is 1.65. The lowest BCUT2D eigenvalue weighted by atomic mass is 9.77. The summed E-state index contributed by atoms with van der Waals surface area (Å²) in [6, 6.07) is 5.57. The van der Waals surface area contributed by atoms with E-state index in [4.69, 9.17) is 0 Å². The first-order chi connectivity index (χ1) is 16.8. The van der Waals surface area contributed by atoms with E-state index in [0.717, 1.165) is 12.8 Å². The first-order valence-corrected chi connectivity index (χ1v) is 11.3. The summed E-state index contributed by atoms with van der Waals surface area (Å²) in [5, 5.41) is 20.2. The molecule has 3 N–H and O–H groups in total. The molecule has 2 amide bonds. The number of benzene rings is 1. The van der Waals surface area contributed by atoms with Gasteiger partial charge in [0.25, 0.3) is 17.4 Å². The Hall–Kier alpha value is -4.09. The Morgan fingerprint density at radius 3 is 2.57 bits per heavy atom. The van der Waals surface area contributed by atoms with Crippen molar-refractivity contribution < 1.29 is 19.1 Å². The number of aromatic nitrogens is 5. The van der Waals surface area contributed by atoms with Crippen LogP contribution in [0.1, 0.15) is 58.2 Å². The fourth-order valence-corrected chi connectivity index (χ4v) is 4.84. The zero-order chi connectivity index (χ0) is 24.7. The molecule has 1 aromatic carbocycles. The van der Waals surface area contributed by atoms with Crippen LogP contribution >= 0.6 is 0 Å². The van der Waals surface area contributed by atoms with Crippen LogP contribution in [0.4, 0.5) is 4.39 Å². The molecule has 0 saturated heterocycles.